The molecule has 0 bridgehead atoms. The number of hydrogen-bond acceptors (Lipinski definition) is 6. The van der Waals surface area contributed by atoms with Crippen LogP contribution in [0.1, 0.15) is 123 Å². The molecular formula is C33H54N6O4S. The summed E-state index contributed by atoms with van der Waals surface area (Å²) in [5.74, 6) is 1.22. The third kappa shape index (κ3) is 12.1. The number of nitrogens with one attached hydrogen (secondary N) is 3. The summed E-state index contributed by atoms with van der Waals surface area (Å²) in [5, 5.41) is 10.9. The van der Waals surface area contributed by atoms with Gasteiger partial charge in [-0.1, -0.05) is 86.0 Å². The van der Waals surface area contributed by atoms with Gasteiger partial charge in [-0.25, -0.2) is 13.4 Å². The van der Waals surface area contributed by atoms with Crippen molar-refractivity contribution in [2.24, 2.45) is 0 Å². The minimum Gasteiger partial charge on any atom is -0.481 e. The highest BCUT2D eigenvalue weighted by atomic mass is 32.2. The molecule has 0 saturated heterocycles. The quantitative estimate of drug-likeness (QED) is 0.110. The average molecular weight is 631 g/mol. The number of aromatic amines is 1. The lowest BCUT2D eigenvalue weighted by Crippen LogP contribution is -2.39. The molecule has 3 rings (SSSR count). The Morgan fingerprint density at radius 2 is 1.61 bits per heavy atom. The maximum atomic E-state index is 13.2. The second-order valence-electron chi connectivity index (χ2n) is 12.8. The van der Waals surface area contributed by atoms with E-state index in [1.165, 1.54) is 32.1 Å². The molecule has 2 aromatic heterocycles. The molecule has 0 radical (unpaired) electrons. The molecule has 10 nitrogen and oxygen atoms in total. The summed E-state index contributed by atoms with van der Waals surface area (Å²) in [4.78, 5) is 17.8. The number of amides is 1. The van der Waals surface area contributed by atoms with Gasteiger partial charge in [-0.05, 0) is 49.9 Å². The molecule has 1 amide bonds. The first-order valence-electron chi connectivity index (χ1n) is 16.5. The normalized spacial score (nSPS) is 12.8. The summed E-state index contributed by atoms with van der Waals surface area (Å²) >= 11 is 0. The SMILES string of the molecule is CCCCCCCCCCC(Oc1ccc(NS(=O)(=O)CCCC)cc1)C(=O)NCCCc1nc2cc(C(C)(C)C)[nH]n2n1. The van der Waals surface area contributed by atoms with Crippen molar-refractivity contribution in [3.05, 3.63) is 41.9 Å². The van der Waals surface area contributed by atoms with Gasteiger partial charge in [-0.3, -0.25) is 14.6 Å². The number of rotatable bonds is 21. The van der Waals surface area contributed by atoms with Crippen molar-refractivity contribution in [3.8, 4) is 5.75 Å². The van der Waals surface area contributed by atoms with Gasteiger partial charge in [0.1, 0.15) is 5.75 Å². The van der Waals surface area contributed by atoms with Gasteiger partial charge in [0.25, 0.3) is 5.91 Å². The summed E-state index contributed by atoms with van der Waals surface area (Å²) < 4.78 is 35.0. The van der Waals surface area contributed by atoms with Crippen molar-refractivity contribution < 1.29 is 17.9 Å². The number of H-pyrrole nitrogens is 1. The standard InChI is InChI=1S/C33H54N6O4S/c1-6-8-10-11-12-13-14-15-17-28(43-27-21-19-26(20-22-27)38-44(41,42)24-9-7-2)32(40)34-23-16-18-30-35-31-25-29(33(3,4)5)36-39(31)37-30/h19-22,25,28,36,38H,6-18,23-24H2,1-5H3,(H,34,40). The first kappa shape index (κ1) is 35.4. The van der Waals surface area contributed by atoms with E-state index in [0.29, 0.717) is 43.7 Å². The van der Waals surface area contributed by atoms with E-state index in [9.17, 15) is 13.2 Å². The number of hydrogen-bond donors (Lipinski definition) is 3. The third-order valence-electron chi connectivity index (χ3n) is 7.65. The van der Waals surface area contributed by atoms with Crippen LogP contribution in [0.4, 0.5) is 5.69 Å². The van der Waals surface area contributed by atoms with Crippen molar-refractivity contribution in [1.29, 1.82) is 0 Å². The van der Waals surface area contributed by atoms with Gasteiger partial charge in [0.2, 0.25) is 10.0 Å². The lowest BCUT2D eigenvalue weighted by molar-refractivity contribution is -0.128. The van der Waals surface area contributed by atoms with Gasteiger partial charge >= 0.3 is 0 Å². The smallest absolute Gasteiger partial charge is 0.261 e. The van der Waals surface area contributed by atoms with Gasteiger partial charge in [-0.2, -0.15) is 4.63 Å². The van der Waals surface area contributed by atoms with Crippen molar-refractivity contribution >= 4 is 27.3 Å². The van der Waals surface area contributed by atoms with E-state index in [1.54, 1.807) is 28.9 Å². The molecular weight excluding hydrogens is 576 g/mol. The number of nitrogens with zero attached hydrogens (tertiary/aromatic N) is 3. The number of anilines is 1. The van der Waals surface area contributed by atoms with Gasteiger partial charge in [-0.15, -0.1) is 5.10 Å². The minimum atomic E-state index is -3.38. The van der Waals surface area contributed by atoms with E-state index >= 15 is 0 Å². The molecule has 0 aliphatic rings. The molecule has 0 saturated carbocycles. The monoisotopic (exact) mass is 630 g/mol. The highest BCUT2D eigenvalue weighted by Gasteiger charge is 2.21. The zero-order valence-corrected chi connectivity index (χ0v) is 28.3. The Balaban J connectivity index is 1.52. The molecule has 1 atom stereocenters. The lowest BCUT2D eigenvalue weighted by Gasteiger charge is -2.19. The van der Waals surface area contributed by atoms with Crippen LogP contribution in [-0.2, 0) is 26.7 Å². The Morgan fingerprint density at radius 1 is 0.955 bits per heavy atom. The van der Waals surface area contributed by atoms with Crippen LogP contribution in [-0.4, -0.2) is 52.5 Å². The Morgan fingerprint density at radius 3 is 2.25 bits per heavy atom. The minimum absolute atomic E-state index is 0.00606. The predicted octanol–water partition coefficient (Wildman–Crippen LogP) is 6.92. The molecule has 2 heterocycles. The Kier molecular flexibility index (Phi) is 14.0. The summed E-state index contributed by atoms with van der Waals surface area (Å²) in [5.41, 5.74) is 2.36. The highest BCUT2D eigenvalue weighted by molar-refractivity contribution is 7.92. The molecule has 0 aliphatic heterocycles. The summed E-state index contributed by atoms with van der Waals surface area (Å²) in [6.07, 6.45) is 12.2. The van der Waals surface area contributed by atoms with Gasteiger partial charge < -0.3 is 10.1 Å². The van der Waals surface area contributed by atoms with E-state index in [-0.39, 0.29) is 17.1 Å². The van der Waals surface area contributed by atoms with Crippen LogP contribution < -0.4 is 14.8 Å². The number of benzene rings is 1. The van der Waals surface area contributed by atoms with E-state index in [4.69, 9.17) is 4.74 Å². The molecule has 246 valence electrons. The first-order valence-corrected chi connectivity index (χ1v) is 18.2. The fourth-order valence-electron chi connectivity index (χ4n) is 4.92. The van der Waals surface area contributed by atoms with Gasteiger partial charge in [0, 0.05) is 35.8 Å². The third-order valence-corrected chi connectivity index (χ3v) is 9.02. The van der Waals surface area contributed by atoms with Crippen LogP contribution in [0, 0.1) is 0 Å². The number of aromatic nitrogens is 4. The second kappa shape index (κ2) is 17.4. The number of ether oxygens (including phenoxy) is 1. The van der Waals surface area contributed by atoms with Gasteiger partial charge in [0.15, 0.2) is 17.6 Å². The van der Waals surface area contributed by atoms with Crippen LogP contribution in [0.15, 0.2) is 30.3 Å². The maximum absolute atomic E-state index is 13.2. The summed E-state index contributed by atoms with van der Waals surface area (Å²) in [6, 6.07) is 8.80. The lowest BCUT2D eigenvalue weighted by atomic mass is 9.93. The number of unbranched alkanes of at least 4 members (excludes halogenated alkanes) is 8. The Labute approximate surface area is 264 Å². The van der Waals surface area contributed by atoms with Crippen molar-refractivity contribution in [2.75, 3.05) is 17.0 Å². The summed E-state index contributed by atoms with van der Waals surface area (Å²) in [7, 11) is -3.38. The molecule has 3 aromatic rings. The molecule has 1 unspecified atom stereocenters. The number of carbonyl (C=O) groups is 1. The molecule has 3 N–H and O–H groups in total. The number of aryl methyl sites for hydroxylation is 1. The number of carbonyl (C=O) groups excluding carboxylic acids is 1. The molecule has 11 heteroatoms. The van der Waals surface area contributed by atoms with E-state index in [0.717, 1.165) is 42.8 Å². The molecule has 0 aliphatic carbocycles. The molecule has 44 heavy (non-hydrogen) atoms. The second-order valence-corrected chi connectivity index (χ2v) is 14.6. The number of sulfonamides is 1. The van der Waals surface area contributed by atoms with Gasteiger partial charge in [0.05, 0.1) is 5.75 Å². The topological polar surface area (TPSA) is 130 Å². The fourth-order valence-corrected chi connectivity index (χ4v) is 6.19. The maximum Gasteiger partial charge on any atom is 0.261 e. The highest BCUT2D eigenvalue weighted by Crippen LogP contribution is 2.22. The largest absolute Gasteiger partial charge is 0.481 e. The summed E-state index contributed by atoms with van der Waals surface area (Å²) in [6.45, 7) is 11.1. The van der Waals surface area contributed by atoms with Crippen LogP contribution >= 0.6 is 0 Å². The molecule has 0 spiro atoms. The van der Waals surface area contributed by atoms with Crippen LogP contribution in [0.5, 0.6) is 5.75 Å². The Bertz CT molecular complexity index is 1340. The van der Waals surface area contributed by atoms with Crippen LogP contribution in [0.25, 0.3) is 5.65 Å². The molecule has 1 aromatic carbocycles. The fraction of sp³-hybridized carbons (Fsp3) is 0.667. The van der Waals surface area contributed by atoms with Crippen LogP contribution in [0.2, 0.25) is 0 Å². The first-order chi connectivity index (χ1) is 21.0. The van der Waals surface area contributed by atoms with Crippen LogP contribution in [0.3, 0.4) is 0 Å². The predicted molar refractivity (Wildman–Crippen MR) is 178 cm³/mol. The number of fused-ring (bicyclic) bond motifs is 1. The Hall–Kier alpha value is -3.08. The van der Waals surface area contributed by atoms with Crippen molar-refractivity contribution in [1.82, 2.24) is 25.1 Å². The molecule has 0 fully saturated rings. The zero-order chi connectivity index (χ0) is 32.0. The van der Waals surface area contributed by atoms with E-state index in [1.807, 2.05) is 13.0 Å². The average Bonchev–Trinajstić information content (AvgIpc) is 3.55. The van der Waals surface area contributed by atoms with Crippen molar-refractivity contribution in [3.63, 3.8) is 0 Å². The van der Waals surface area contributed by atoms with E-state index in [2.05, 4.69) is 52.9 Å². The van der Waals surface area contributed by atoms with Crippen molar-refractivity contribution in [2.45, 2.75) is 130 Å². The zero-order valence-electron chi connectivity index (χ0n) is 27.5. The van der Waals surface area contributed by atoms with E-state index < -0.39 is 16.1 Å².